The molecule has 6 heteroatoms. The molecule has 1 saturated carbocycles. The lowest BCUT2D eigenvalue weighted by atomic mass is 10.2. The smallest absolute Gasteiger partial charge is 0.258 e. The van der Waals surface area contributed by atoms with Crippen LogP contribution in [0.2, 0.25) is 5.02 Å². The van der Waals surface area contributed by atoms with E-state index < -0.39 is 0 Å². The summed E-state index contributed by atoms with van der Waals surface area (Å²) in [6.07, 6.45) is 5.31. The van der Waals surface area contributed by atoms with Crippen LogP contribution in [-0.2, 0) is 5.75 Å². The number of anilines is 1. The van der Waals surface area contributed by atoms with Crippen molar-refractivity contribution in [3.63, 3.8) is 0 Å². The highest BCUT2D eigenvalue weighted by Crippen LogP contribution is 2.31. The van der Waals surface area contributed by atoms with Crippen molar-refractivity contribution in [1.82, 2.24) is 10.1 Å². The largest absolute Gasteiger partial charge is 0.398 e. The molecule has 0 radical (unpaired) electrons. The number of thioether (sulfide) groups is 1. The first kappa shape index (κ1) is 13.8. The third-order valence-corrected chi connectivity index (χ3v) is 5.17. The maximum atomic E-state index is 5.90. The summed E-state index contributed by atoms with van der Waals surface area (Å²) in [6.45, 7) is 0. The monoisotopic (exact) mass is 309 g/mol. The number of aromatic nitrogens is 2. The van der Waals surface area contributed by atoms with Gasteiger partial charge in [0.15, 0.2) is 5.82 Å². The lowest BCUT2D eigenvalue weighted by Crippen LogP contribution is -1.95. The van der Waals surface area contributed by atoms with Crippen molar-refractivity contribution < 1.29 is 4.52 Å². The maximum Gasteiger partial charge on any atom is 0.258 e. The number of rotatable bonds is 4. The SMILES string of the molecule is Nc1cc(-c2nc(CSC3CCCC3)no2)ccc1Cl. The van der Waals surface area contributed by atoms with Gasteiger partial charge in [-0.3, -0.25) is 0 Å². The van der Waals surface area contributed by atoms with E-state index in [-0.39, 0.29) is 0 Å². The van der Waals surface area contributed by atoms with Crippen LogP contribution in [-0.4, -0.2) is 15.4 Å². The first-order chi connectivity index (χ1) is 9.72. The minimum atomic E-state index is 0.496. The zero-order valence-corrected chi connectivity index (χ0v) is 12.6. The van der Waals surface area contributed by atoms with Crippen molar-refractivity contribution in [2.24, 2.45) is 0 Å². The summed E-state index contributed by atoms with van der Waals surface area (Å²) >= 11 is 7.82. The van der Waals surface area contributed by atoms with Gasteiger partial charge in [-0.1, -0.05) is 29.6 Å². The van der Waals surface area contributed by atoms with Crippen LogP contribution in [0.4, 0.5) is 5.69 Å². The van der Waals surface area contributed by atoms with Crippen LogP contribution in [0.25, 0.3) is 11.5 Å². The van der Waals surface area contributed by atoms with E-state index in [2.05, 4.69) is 10.1 Å². The van der Waals surface area contributed by atoms with Crippen LogP contribution >= 0.6 is 23.4 Å². The second kappa shape index (κ2) is 6.06. The summed E-state index contributed by atoms with van der Waals surface area (Å²) in [5, 5.41) is 5.31. The van der Waals surface area contributed by atoms with Gasteiger partial charge >= 0.3 is 0 Å². The fourth-order valence-electron chi connectivity index (χ4n) is 2.35. The minimum Gasteiger partial charge on any atom is -0.398 e. The summed E-state index contributed by atoms with van der Waals surface area (Å²) in [5.74, 6) is 2.04. The molecular weight excluding hydrogens is 294 g/mol. The summed E-state index contributed by atoms with van der Waals surface area (Å²) in [5.41, 5.74) is 7.10. The van der Waals surface area contributed by atoms with Crippen LogP contribution < -0.4 is 5.73 Å². The average molecular weight is 310 g/mol. The highest BCUT2D eigenvalue weighted by atomic mass is 35.5. The number of nitrogens with zero attached hydrogens (tertiary/aromatic N) is 2. The summed E-state index contributed by atoms with van der Waals surface area (Å²) in [4.78, 5) is 4.41. The van der Waals surface area contributed by atoms with E-state index in [1.807, 2.05) is 17.8 Å². The molecule has 1 heterocycles. The average Bonchev–Trinajstić information content (AvgIpc) is 3.10. The summed E-state index contributed by atoms with van der Waals surface area (Å²) in [7, 11) is 0. The van der Waals surface area contributed by atoms with E-state index in [1.54, 1.807) is 12.1 Å². The van der Waals surface area contributed by atoms with Gasteiger partial charge in [-0.25, -0.2) is 0 Å². The minimum absolute atomic E-state index is 0.496. The third-order valence-electron chi connectivity index (χ3n) is 3.46. The Hall–Kier alpha value is -1.20. The molecule has 3 rings (SSSR count). The molecule has 0 saturated heterocycles. The van der Waals surface area contributed by atoms with Gasteiger partial charge in [0.1, 0.15) is 0 Å². The maximum absolute atomic E-state index is 5.90. The van der Waals surface area contributed by atoms with Gasteiger partial charge < -0.3 is 10.3 Å². The molecule has 0 unspecified atom stereocenters. The van der Waals surface area contributed by atoms with Crippen LogP contribution in [0.3, 0.4) is 0 Å². The van der Waals surface area contributed by atoms with Crippen LogP contribution in [0, 0.1) is 0 Å². The Labute approximate surface area is 127 Å². The van der Waals surface area contributed by atoms with Crippen molar-refractivity contribution in [3.05, 3.63) is 29.0 Å². The number of benzene rings is 1. The molecule has 0 atom stereocenters. The Kier molecular flexibility index (Phi) is 4.17. The molecule has 0 spiro atoms. The fourth-order valence-corrected chi connectivity index (χ4v) is 3.64. The molecule has 1 aliphatic rings. The van der Waals surface area contributed by atoms with Crippen LogP contribution in [0.5, 0.6) is 0 Å². The Morgan fingerprint density at radius 1 is 1.35 bits per heavy atom. The molecule has 1 aromatic heterocycles. The van der Waals surface area contributed by atoms with Crippen molar-refractivity contribution in [2.75, 3.05) is 5.73 Å². The first-order valence-corrected chi connectivity index (χ1v) is 8.14. The van der Waals surface area contributed by atoms with Crippen molar-refractivity contribution in [1.29, 1.82) is 0 Å². The molecule has 1 fully saturated rings. The predicted octanol–water partition coefficient (Wildman–Crippen LogP) is 4.15. The topological polar surface area (TPSA) is 64.9 Å². The standard InChI is InChI=1S/C14H16ClN3OS/c15-11-6-5-9(7-12(11)16)14-17-13(18-19-14)8-20-10-3-1-2-4-10/h5-7,10H,1-4,8,16H2. The van der Waals surface area contributed by atoms with Gasteiger partial charge in [0.05, 0.1) is 16.5 Å². The van der Waals surface area contributed by atoms with E-state index in [0.717, 1.165) is 22.4 Å². The zero-order valence-electron chi connectivity index (χ0n) is 11.0. The van der Waals surface area contributed by atoms with Gasteiger partial charge in [-0.2, -0.15) is 16.7 Å². The van der Waals surface area contributed by atoms with Gasteiger partial charge in [0, 0.05) is 10.8 Å². The number of nitrogen functional groups attached to an aromatic ring is 1. The number of halogens is 1. The fraction of sp³-hybridized carbons (Fsp3) is 0.429. The zero-order chi connectivity index (χ0) is 13.9. The molecule has 2 N–H and O–H groups in total. The molecule has 4 nitrogen and oxygen atoms in total. The summed E-state index contributed by atoms with van der Waals surface area (Å²) < 4.78 is 5.29. The number of hydrogen-bond donors (Lipinski definition) is 1. The molecule has 2 aromatic rings. The second-order valence-electron chi connectivity index (χ2n) is 4.97. The van der Waals surface area contributed by atoms with E-state index in [1.165, 1.54) is 25.7 Å². The van der Waals surface area contributed by atoms with Crippen LogP contribution in [0.1, 0.15) is 31.5 Å². The number of nitrogens with two attached hydrogens (primary N) is 1. The molecule has 1 aliphatic carbocycles. The van der Waals surface area contributed by atoms with E-state index in [0.29, 0.717) is 16.6 Å². The lowest BCUT2D eigenvalue weighted by molar-refractivity contribution is 0.425. The third kappa shape index (κ3) is 3.10. The molecule has 0 aliphatic heterocycles. The Balaban J connectivity index is 1.67. The van der Waals surface area contributed by atoms with Crippen molar-refractivity contribution in [3.8, 4) is 11.5 Å². The van der Waals surface area contributed by atoms with Gasteiger partial charge in [-0.05, 0) is 31.0 Å². The van der Waals surface area contributed by atoms with Crippen molar-refractivity contribution in [2.45, 2.75) is 36.7 Å². The highest BCUT2D eigenvalue weighted by molar-refractivity contribution is 7.99. The van der Waals surface area contributed by atoms with E-state index >= 15 is 0 Å². The molecular formula is C14H16ClN3OS. The van der Waals surface area contributed by atoms with Crippen LogP contribution in [0.15, 0.2) is 22.7 Å². The molecule has 20 heavy (non-hydrogen) atoms. The molecule has 0 amide bonds. The summed E-state index contributed by atoms with van der Waals surface area (Å²) in [6, 6.07) is 5.33. The second-order valence-corrected chi connectivity index (χ2v) is 6.67. The number of hydrogen-bond acceptors (Lipinski definition) is 5. The molecule has 106 valence electrons. The normalized spacial score (nSPS) is 15.8. The van der Waals surface area contributed by atoms with Gasteiger partial charge in [0.25, 0.3) is 5.89 Å². The van der Waals surface area contributed by atoms with Crippen molar-refractivity contribution >= 4 is 29.1 Å². The van der Waals surface area contributed by atoms with Gasteiger partial charge in [0.2, 0.25) is 0 Å². The molecule has 0 bridgehead atoms. The quantitative estimate of drug-likeness (QED) is 0.859. The predicted molar refractivity (Wildman–Crippen MR) is 82.7 cm³/mol. The Morgan fingerprint density at radius 2 is 2.15 bits per heavy atom. The van der Waals surface area contributed by atoms with E-state index in [9.17, 15) is 0 Å². The highest BCUT2D eigenvalue weighted by Gasteiger charge is 2.17. The first-order valence-electron chi connectivity index (χ1n) is 6.72. The van der Waals surface area contributed by atoms with E-state index in [4.69, 9.17) is 21.9 Å². The Bertz CT molecular complexity index is 596. The molecule has 1 aromatic carbocycles. The lowest BCUT2D eigenvalue weighted by Gasteiger charge is -2.04. The van der Waals surface area contributed by atoms with Gasteiger partial charge in [-0.15, -0.1) is 0 Å². The Morgan fingerprint density at radius 3 is 2.90 bits per heavy atom.